The molecule has 3 heterocycles. The van der Waals surface area contributed by atoms with Gasteiger partial charge >= 0.3 is 0 Å². The second-order valence-corrected chi connectivity index (χ2v) is 16.2. The first-order chi connectivity index (χ1) is 19.0. The Balaban J connectivity index is 0.000000182. The Morgan fingerprint density at radius 3 is 2.08 bits per heavy atom. The Morgan fingerprint density at radius 1 is 0.725 bits per heavy atom. The van der Waals surface area contributed by atoms with Gasteiger partial charge in [-0.2, -0.15) is 11.6 Å². The average molecular weight is 718 g/mol. The Morgan fingerprint density at radius 2 is 1.45 bits per heavy atom. The summed E-state index contributed by atoms with van der Waals surface area (Å²) in [6, 6.07) is 33.0. The van der Waals surface area contributed by atoms with Crippen molar-refractivity contribution in [1.82, 2.24) is 15.0 Å². The molecular weight excluding hydrogens is 683 g/mol. The van der Waals surface area contributed by atoms with Gasteiger partial charge in [-0.25, -0.2) is 0 Å². The van der Waals surface area contributed by atoms with Gasteiger partial charge in [-0.05, 0) is 58.9 Å². The molecule has 2 aromatic carbocycles. The van der Waals surface area contributed by atoms with Gasteiger partial charge in [0.25, 0.3) is 0 Å². The monoisotopic (exact) mass is 718 g/mol. The minimum Gasteiger partial charge on any atom is -0.321 e. The van der Waals surface area contributed by atoms with Crippen molar-refractivity contribution in [1.29, 1.82) is 0 Å². The third kappa shape index (κ3) is 7.48. The molecule has 3 aromatic heterocycles. The molecule has 1 saturated carbocycles. The maximum Gasteiger partial charge on any atom is 0.0798 e. The second-order valence-electron chi connectivity index (χ2n) is 11.1. The molecule has 40 heavy (non-hydrogen) atoms. The number of hydrogen-bond acceptors (Lipinski definition) is 3. The summed E-state index contributed by atoms with van der Waals surface area (Å²) in [6.07, 6.45) is 13.0. The molecule has 1 fully saturated rings. The normalized spacial score (nSPS) is 13.2. The Labute approximate surface area is 253 Å². The Bertz CT molecular complexity index is 1400. The second kappa shape index (κ2) is 13.9. The van der Waals surface area contributed by atoms with E-state index in [2.05, 4.69) is 72.2 Å². The molecule has 3 nitrogen and oxygen atoms in total. The van der Waals surface area contributed by atoms with Crippen LogP contribution in [0.15, 0.2) is 104 Å². The van der Waals surface area contributed by atoms with Gasteiger partial charge in [0.1, 0.15) is 0 Å². The number of rotatable bonds is 5. The molecule has 205 valence electrons. The van der Waals surface area contributed by atoms with E-state index in [1.54, 1.807) is 11.8 Å². The smallest absolute Gasteiger partial charge is 0.0798 e. The number of hydrogen-bond donors (Lipinski definition) is 0. The van der Waals surface area contributed by atoms with Crippen LogP contribution in [-0.2, 0) is 20.1 Å². The molecule has 0 aliphatic heterocycles. The molecule has 1 aliphatic carbocycles. The Hall–Kier alpha value is -3.24. The van der Waals surface area contributed by atoms with Crippen LogP contribution in [0.1, 0.15) is 37.2 Å². The third-order valence-electron chi connectivity index (χ3n) is 7.29. The van der Waals surface area contributed by atoms with Gasteiger partial charge in [-0.3, -0.25) is 4.98 Å². The maximum atomic E-state index is 4.72. The topological polar surface area (TPSA) is 38.7 Å². The first-order valence-electron chi connectivity index (χ1n) is 13.8. The molecule has 5 aromatic rings. The predicted octanol–water partition coefficient (Wildman–Crippen LogP) is 8.36. The van der Waals surface area contributed by atoms with E-state index in [1.165, 1.54) is 36.4 Å². The molecular formula is C35H35IrN3Si-2. The summed E-state index contributed by atoms with van der Waals surface area (Å²) < 4.78 is 0. The van der Waals surface area contributed by atoms with E-state index in [-0.39, 0.29) is 20.1 Å². The van der Waals surface area contributed by atoms with Crippen molar-refractivity contribution in [3.8, 4) is 33.6 Å². The van der Waals surface area contributed by atoms with E-state index in [4.69, 9.17) is 4.98 Å². The zero-order chi connectivity index (χ0) is 27.1. The van der Waals surface area contributed by atoms with Crippen molar-refractivity contribution in [3.05, 3.63) is 121 Å². The van der Waals surface area contributed by atoms with E-state index in [0.29, 0.717) is 0 Å². The van der Waals surface area contributed by atoms with Crippen LogP contribution in [0.25, 0.3) is 33.6 Å². The quantitative estimate of drug-likeness (QED) is 0.136. The summed E-state index contributed by atoms with van der Waals surface area (Å²) in [7, 11) is -1.35. The van der Waals surface area contributed by atoms with Gasteiger partial charge in [0.15, 0.2) is 0 Å². The van der Waals surface area contributed by atoms with Crippen molar-refractivity contribution in [2.75, 3.05) is 0 Å². The zero-order valence-electron chi connectivity index (χ0n) is 23.4. The number of nitrogens with zero attached hydrogens (tertiary/aromatic N) is 3. The molecule has 0 bridgehead atoms. The van der Waals surface area contributed by atoms with Gasteiger partial charge in [0.05, 0.1) is 8.07 Å². The molecule has 1 radical (unpaired) electrons. The van der Waals surface area contributed by atoms with Crippen LogP contribution in [0.3, 0.4) is 0 Å². The van der Waals surface area contributed by atoms with Gasteiger partial charge in [0.2, 0.25) is 0 Å². The Kier molecular flexibility index (Phi) is 10.3. The molecule has 1 aliphatic rings. The van der Waals surface area contributed by atoms with Crippen molar-refractivity contribution in [3.63, 3.8) is 0 Å². The summed E-state index contributed by atoms with van der Waals surface area (Å²) in [4.78, 5) is 13.3. The van der Waals surface area contributed by atoms with Crippen LogP contribution in [0.4, 0.5) is 0 Å². The summed E-state index contributed by atoms with van der Waals surface area (Å²) >= 11 is 0. The molecule has 0 unspecified atom stereocenters. The molecule has 0 atom stereocenters. The van der Waals surface area contributed by atoms with Crippen LogP contribution in [0.2, 0.25) is 19.6 Å². The summed E-state index contributed by atoms with van der Waals surface area (Å²) in [5, 5.41) is 1.53. The van der Waals surface area contributed by atoms with Crippen LogP contribution >= 0.6 is 0 Å². The summed E-state index contributed by atoms with van der Waals surface area (Å²) in [5.74, 6) is 0.732. The summed E-state index contributed by atoms with van der Waals surface area (Å²) in [5.41, 5.74) is 7.95. The SMILES string of the molecule is C[Si](C)(C)c1cnc(-c2[c-]cncc2)cc1C1CCCC1.[Ir].[c-]1ccccc1-c1ccc(-c2ccccc2)cn1. The standard InChI is InChI=1S/C18H23N2Si.C17H12N.Ir/c1-21(2,3)18-13-20-17(15-8-10-19-11-9-15)12-16(18)14-6-4-5-7-14;1-3-7-14(8-4-1)16-11-12-17(18-13-16)15-9-5-2-6-10-15;/h8,10-14H,4-7H2,1-3H3;1-9,11-13H;/q2*-1;. The van der Waals surface area contributed by atoms with Crippen molar-refractivity contribution in [2.45, 2.75) is 51.2 Å². The van der Waals surface area contributed by atoms with Crippen molar-refractivity contribution < 1.29 is 20.1 Å². The van der Waals surface area contributed by atoms with E-state index < -0.39 is 8.07 Å². The fourth-order valence-electron chi connectivity index (χ4n) is 5.20. The molecule has 0 amide bonds. The van der Waals surface area contributed by atoms with Crippen LogP contribution in [-0.4, -0.2) is 23.0 Å². The maximum absolute atomic E-state index is 4.72. The van der Waals surface area contributed by atoms with Gasteiger partial charge in [-0.15, -0.1) is 42.0 Å². The van der Waals surface area contributed by atoms with E-state index in [9.17, 15) is 0 Å². The van der Waals surface area contributed by atoms with Crippen LogP contribution < -0.4 is 5.19 Å². The summed E-state index contributed by atoms with van der Waals surface area (Å²) in [6.45, 7) is 7.25. The molecule has 5 heteroatoms. The van der Waals surface area contributed by atoms with Crippen molar-refractivity contribution >= 4 is 13.3 Å². The first-order valence-corrected chi connectivity index (χ1v) is 17.3. The number of pyridine rings is 3. The van der Waals surface area contributed by atoms with Crippen LogP contribution in [0, 0.1) is 12.1 Å². The van der Waals surface area contributed by atoms with Crippen molar-refractivity contribution in [2.24, 2.45) is 0 Å². The molecule has 0 saturated heterocycles. The first kappa shape index (κ1) is 29.7. The van der Waals surface area contributed by atoms with Crippen LogP contribution in [0.5, 0.6) is 0 Å². The molecule has 0 N–H and O–H groups in total. The minimum atomic E-state index is -1.35. The zero-order valence-corrected chi connectivity index (χ0v) is 26.8. The third-order valence-corrected chi connectivity index (χ3v) is 9.33. The predicted molar refractivity (Wildman–Crippen MR) is 164 cm³/mol. The van der Waals surface area contributed by atoms with Gasteiger partial charge in [-0.1, -0.05) is 86.6 Å². The van der Waals surface area contributed by atoms with Gasteiger partial charge < -0.3 is 9.97 Å². The average Bonchev–Trinajstić information content (AvgIpc) is 3.54. The largest absolute Gasteiger partial charge is 0.321 e. The molecule has 0 spiro atoms. The fraction of sp³-hybridized carbons (Fsp3) is 0.229. The van der Waals surface area contributed by atoms with Gasteiger partial charge in [0, 0.05) is 32.5 Å². The van der Waals surface area contributed by atoms with E-state index in [1.807, 2.05) is 67.0 Å². The van der Waals surface area contributed by atoms with E-state index >= 15 is 0 Å². The number of benzene rings is 2. The molecule has 6 rings (SSSR count). The number of aromatic nitrogens is 3. The minimum absolute atomic E-state index is 0. The van der Waals surface area contributed by atoms with E-state index in [0.717, 1.165) is 34.0 Å². The fourth-order valence-corrected chi connectivity index (χ4v) is 6.80.